The van der Waals surface area contributed by atoms with Gasteiger partial charge >= 0.3 is 0 Å². The minimum atomic E-state index is -3.88. The summed E-state index contributed by atoms with van der Waals surface area (Å²) in [5.74, 6) is 0.0294. The van der Waals surface area contributed by atoms with Crippen LogP contribution in [0.25, 0.3) is 0 Å². The van der Waals surface area contributed by atoms with Gasteiger partial charge in [0.15, 0.2) is 0 Å². The minimum absolute atomic E-state index is 0.00961. The van der Waals surface area contributed by atoms with Crippen molar-refractivity contribution >= 4 is 21.6 Å². The van der Waals surface area contributed by atoms with Crippen LogP contribution in [-0.2, 0) is 14.8 Å². The summed E-state index contributed by atoms with van der Waals surface area (Å²) in [5.41, 5.74) is 2.45. The Labute approximate surface area is 154 Å². The number of hydrogen-bond acceptors (Lipinski definition) is 4. The van der Waals surface area contributed by atoms with Crippen LogP contribution in [0.2, 0.25) is 0 Å². The quantitative estimate of drug-likeness (QED) is 0.778. The molecule has 0 aliphatic carbocycles. The zero-order valence-electron chi connectivity index (χ0n) is 15.4. The Morgan fingerprint density at radius 2 is 1.85 bits per heavy atom. The third kappa shape index (κ3) is 4.83. The van der Waals surface area contributed by atoms with Gasteiger partial charge in [-0.1, -0.05) is 38.1 Å². The number of amides is 1. The first-order chi connectivity index (χ1) is 12.2. The van der Waals surface area contributed by atoms with Crippen molar-refractivity contribution < 1.29 is 17.9 Å². The molecule has 7 heteroatoms. The molecule has 0 saturated heterocycles. The third-order valence-corrected chi connectivity index (χ3v) is 5.31. The third-order valence-electron chi connectivity index (χ3n) is 3.89. The van der Waals surface area contributed by atoms with Gasteiger partial charge in [-0.25, -0.2) is 13.1 Å². The lowest BCUT2D eigenvalue weighted by molar-refractivity contribution is -0.115. The van der Waals surface area contributed by atoms with Crippen molar-refractivity contribution in [3.05, 3.63) is 53.6 Å². The van der Waals surface area contributed by atoms with Gasteiger partial charge in [0.05, 0.1) is 13.7 Å². The molecule has 0 aromatic heterocycles. The van der Waals surface area contributed by atoms with E-state index in [1.165, 1.54) is 13.2 Å². The van der Waals surface area contributed by atoms with Gasteiger partial charge in [0.2, 0.25) is 15.9 Å². The lowest BCUT2D eigenvalue weighted by Gasteiger charge is -2.14. The first kappa shape index (κ1) is 19.9. The number of carbonyl (C=O) groups is 1. The van der Waals surface area contributed by atoms with Crippen LogP contribution in [0, 0.1) is 6.92 Å². The van der Waals surface area contributed by atoms with E-state index in [1.807, 2.05) is 32.0 Å². The molecule has 26 heavy (non-hydrogen) atoms. The van der Waals surface area contributed by atoms with Crippen molar-refractivity contribution in [3.8, 4) is 5.75 Å². The molecule has 2 N–H and O–H groups in total. The second-order valence-corrected chi connectivity index (χ2v) is 8.00. The van der Waals surface area contributed by atoms with E-state index in [-0.39, 0.29) is 23.1 Å². The minimum Gasteiger partial charge on any atom is -0.495 e. The largest absolute Gasteiger partial charge is 0.495 e. The number of para-hydroxylation sites is 1. The number of methoxy groups -OCH3 is 1. The van der Waals surface area contributed by atoms with Crippen molar-refractivity contribution in [2.45, 2.75) is 31.6 Å². The lowest BCUT2D eigenvalue weighted by Crippen LogP contribution is -2.33. The molecule has 2 aromatic rings. The predicted octanol–water partition coefficient (Wildman–Crippen LogP) is 3.04. The summed E-state index contributed by atoms with van der Waals surface area (Å²) >= 11 is 0. The van der Waals surface area contributed by atoms with Gasteiger partial charge in [0, 0.05) is 5.69 Å². The molecule has 2 aromatic carbocycles. The van der Waals surface area contributed by atoms with Gasteiger partial charge in [-0.3, -0.25) is 4.79 Å². The van der Waals surface area contributed by atoms with E-state index in [4.69, 9.17) is 4.74 Å². The molecule has 140 valence electrons. The van der Waals surface area contributed by atoms with Gasteiger partial charge in [0.1, 0.15) is 10.6 Å². The van der Waals surface area contributed by atoms with Crippen LogP contribution in [0.15, 0.2) is 47.4 Å². The van der Waals surface area contributed by atoms with E-state index in [2.05, 4.69) is 10.0 Å². The van der Waals surface area contributed by atoms with Crippen LogP contribution in [0.1, 0.15) is 30.9 Å². The maximum Gasteiger partial charge on any atom is 0.244 e. The van der Waals surface area contributed by atoms with Crippen LogP contribution in [0.3, 0.4) is 0 Å². The number of aryl methyl sites for hydroxylation is 1. The van der Waals surface area contributed by atoms with Gasteiger partial charge < -0.3 is 10.1 Å². The Balaban J connectivity index is 2.11. The van der Waals surface area contributed by atoms with Crippen LogP contribution < -0.4 is 14.8 Å². The molecule has 0 unspecified atom stereocenters. The van der Waals surface area contributed by atoms with E-state index < -0.39 is 15.9 Å². The molecule has 0 saturated carbocycles. The highest BCUT2D eigenvalue weighted by Gasteiger charge is 2.21. The monoisotopic (exact) mass is 376 g/mol. The summed E-state index contributed by atoms with van der Waals surface area (Å²) in [6.45, 7) is 5.47. The molecule has 0 heterocycles. The fourth-order valence-electron chi connectivity index (χ4n) is 2.54. The zero-order chi connectivity index (χ0) is 19.3. The highest BCUT2D eigenvalue weighted by Crippen LogP contribution is 2.25. The number of carbonyl (C=O) groups excluding carboxylic acids is 1. The van der Waals surface area contributed by atoms with E-state index in [9.17, 15) is 13.2 Å². The van der Waals surface area contributed by atoms with Crippen molar-refractivity contribution in [1.82, 2.24) is 4.72 Å². The molecular formula is C19H24N2O4S. The van der Waals surface area contributed by atoms with Crippen LogP contribution in [-0.4, -0.2) is 28.0 Å². The predicted molar refractivity (Wildman–Crippen MR) is 102 cm³/mol. The highest BCUT2D eigenvalue weighted by atomic mass is 32.2. The van der Waals surface area contributed by atoms with Crippen LogP contribution >= 0.6 is 0 Å². The normalized spacial score (nSPS) is 11.4. The fraction of sp³-hybridized carbons (Fsp3) is 0.316. The lowest BCUT2D eigenvalue weighted by atomic mass is 10.0. The number of nitrogens with one attached hydrogen (secondary N) is 2. The second kappa shape index (κ2) is 8.33. The Morgan fingerprint density at radius 1 is 1.15 bits per heavy atom. The maximum absolute atomic E-state index is 12.5. The van der Waals surface area contributed by atoms with Gasteiger partial charge in [0.25, 0.3) is 0 Å². The summed E-state index contributed by atoms with van der Waals surface area (Å²) in [4.78, 5) is 12.2. The maximum atomic E-state index is 12.5. The van der Waals surface area contributed by atoms with Gasteiger partial charge in [-0.05, 0) is 42.2 Å². The topological polar surface area (TPSA) is 84.5 Å². The molecule has 0 radical (unpaired) electrons. The van der Waals surface area contributed by atoms with E-state index >= 15 is 0 Å². The van der Waals surface area contributed by atoms with Crippen LogP contribution in [0.4, 0.5) is 5.69 Å². The average Bonchev–Trinajstić information content (AvgIpc) is 2.60. The molecule has 6 nitrogen and oxygen atoms in total. The van der Waals surface area contributed by atoms with E-state index in [1.54, 1.807) is 25.1 Å². The first-order valence-corrected chi connectivity index (χ1v) is 9.76. The molecule has 0 fully saturated rings. The summed E-state index contributed by atoms with van der Waals surface area (Å²) in [5, 5.41) is 2.76. The molecule has 0 spiro atoms. The van der Waals surface area contributed by atoms with Crippen LogP contribution in [0.5, 0.6) is 5.75 Å². The number of hydrogen-bond donors (Lipinski definition) is 2. The summed E-state index contributed by atoms with van der Waals surface area (Å²) < 4.78 is 32.5. The summed E-state index contributed by atoms with van der Waals surface area (Å²) in [7, 11) is -2.47. The highest BCUT2D eigenvalue weighted by molar-refractivity contribution is 7.89. The first-order valence-electron chi connectivity index (χ1n) is 8.27. The van der Waals surface area contributed by atoms with E-state index in [0.717, 1.165) is 11.1 Å². The summed E-state index contributed by atoms with van der Waals surface area (Å²) in [6, 6.07) is 12.3. The number of anilines is 1. The molecule has 0 atom stereocenters. The zero-order valence-corrected chi connectivity index (χ0v) is 16.2. The van der Waals surface area contributed by atoms with Crippen molar-refractivity contribution in [3.63, 3.8) is 0 Å². The number of ether oxygens (including phenoxy) is 1. The molecule has 1 amide bonds. The molecule has 0 bridgehead atoms. The second-order valence-electron chi connectivity index (χ2n) is 6.27. The summed E-state index contributed by atoms with van der Waals surface area (Å²) in [6.07, 6.45) is 0. The fourth-order valence-corrected chi connectivity index (χ4v) is 3.77. The van der Waals surface area contributed by atoms with Crippen molar-refractivity contribution in [2.24, 2.45) is 0 Å². The van der Waals surface area contributed by atoms with Crippen molar-refractivity contribution in [1.29, 1.82) is 0 Å². The Morgan fingerprint density at radius 3 is 2.50 bits per heavy atom. The SMILES string of the molecule is COc1ccc(C)cc1S(=O)(=O)NCC(=O)Nc1ccccc1C(C)C. The number of benzene rings is 2. The molecule has 0 aliphatic heterocycles. The average molecular weight is 376 g/mol. The Bertz CT molecular complexity index is 892. The standard InChI is InChI=1S/C19H24N2O4S/c1-13(2)15-7-5-6-8-16(15)21-19(22)12-20-26(23,24)18-11-14(3)9-10-17(18)25-4/h5-11,13,20H,12H2,1-4H3,(H,21,22). The molecular weight excluding hydrogens is 352 g/mol. The van der Waals surface area contributed by atoms with Gasteiger partial charge in [-0.2, -0.15) is 0 Å². The molecule has 0 aliphatic rings. The van der Waals surface area contributed by atoms with Gasteiger partial charge in [-0.15, -0.1) is 0 Å². The molecule has 2 rings (SSSR count). The number of sulfonamides is 1. The number of rotatable bonds is 7. The Kier molecular flexibility index (Phi) is 6.39. The van der Waals surface area contributed by atoms with E-state index in [0.29, 0.717) is 5.69 Å². The smallest absolute Gasteiger partial charge is 0.244 e. The van der Waals surface area contributed by atoms with Crippen molar-refractivity contribution in [2.75, 3.05) is 19.0 Å². The Hall–Kier alpha value is -2.38.